The van der Waals surface area contributed by atoms with Gasteiger partial charge in [0.05, 0.1) is 58.7 Å². The molecule has 0 saturated heterocycles. The molecule has 0 spiro atoms. The molecule has 2 aromatic carbocycles. The molecule has 5 rings (SSSR count). The van der Waals surface area contributed by atoms with Gasteiger partial charge in [0, 0.05) is 51.1 Å². The largest absolute Gasteiger partial charge is 0.494 e. The van der Waals surface area contributed by atoms with Crippen molar-refractivity contribution >= 4 is 63.5 Å². The van der Waals surface area contributed by atoms with E-state index in [0.29, 0.717) is 59.9 Å². The third-order valence-electron chi connectivity index (χ3n) is 7.62. The summed E-state index contributed by atoms with van der Waals surface area (Å²) < 4.78 is 23.2. The van der Waals surface area contributed by atoms with Crippen molar-refractivity contribution < 1.29 is 13.9 Å². The zero-order valence-electron chi connectivity index (χ0n) is 24.8. The van der Waals surface area contributed by atoms with Crippen molar-refractivity contribution in [1.29, 1.82) is 0 Å². The van der Waals surface area contributed by atoms with Crippen LogP contribution in [0.3, 0.4) is 0 Å². The zero-order chi connectivity index (χ0) is 31.8. The highest BCUT2D eigenvalue weighted by atomic mass is 19.1. The highest BCUT2D eigenvalue weighted by Gasteiger charge is 2.23. The van der Waals surface area contributed by atoms with Crippen LogP contribution in [0.15, 0.2) is 54.0 Å². The number of anilines is 4. The second kappa shape index (κ2) is 12.2. The molecule has 1 aliphatic rings. The first-order chi connectivity index (χ1) is 20.9. The topological polar surface area (TPSA) is 110 Å². The molecule has 0 fully saturated rings. The summed E-state index contributed by atoms with van der Waals surface area (Å²) in [6.07, 6.45) is 4.09. The Kier molecular flexibility index (Phi) is 8.60. The van der Waals surface area contributed by atoms with Gasteiger partial charge in [0.1, 0.15) is 17.4 Å². The maximum absolute atomic E-state index is 14.5. The van der Waals surface area contributed by atoms with Gasteiger partial charge in [-0.3, -0.25) is 9.36 Å². The fourth-order valence-corrected chi connectivity index (χ4v) is 5.19. The molecule has 11 nitrogen and oxygen atoms in total. The van der Waals surface area contributed by atoms with E-state index < -0.39 is 17.0 Å². The summed E-state index contributed by atoms with van der Waals surface area (Å²) in [5.41, 5.74) is 3.14. The van der Waals surface area contributed by atoms with Gasteiger partial charge in [0.25, 0.3) is 0 Å². The van der Waals surface area contributed by atoms with Crippen molar-refractivity contribution in [3.05, 3.63) is 71.0 Å². The quantitative estimate of drug-likeness (QED) is 0.202. The number of ether oxygens (including phenoxy) is 1. The number of amides is 1. The molecule has 2 aromatic heterocycles. The lowest BCUT2D eigenvalue weighted by atomic mass is 9.48. The summed E-state index contributed by atoms with van der Waals surface area (Å²) in [7, 11) is 22.4. The number of carbonyl (C=O) groups is 1. The number of hydrogen-bond acceptors (Lipinski definition) is 8. The van der Waals surface area contributed by atoms with Gasteiger partial charge in [0.2, 0.25) is 11.9 Å². The molecule has 1 aliphatic heterocycles. The lowest BCUT2D eigenvalue weighted by molar-refractivity contribution is -0.111. The van der Waals surface area contributed by atoms with Crippen LogP contribution in [0.2, 0.25) is 0 Å². The minimum atomic E-state index is -1.49. The van der Waals surface area contributed by atoms with Crippen molar-refractivity contribution in [2.75, 3.05) is 49.8 Å². The van der Waals surface area contributed by atoms with Crippen LogP contribution in [0.4, 0.5) is 27.4 Å². The summed E-state index contributed by atoms with van der Waals surface area (Å²) in [6, 6.07) is 7.82. The molecule has 2 N–H and O–H groups in total. The molecule has 6 radical (unpaired) electrons. The second-order valence-corrected chi connectivity index (χ2v) is 10.7. The number of halogens is 1. The van der Waals surface area contributed by atoms with Crippen LogP contribution in [-0.4, -0.2) is 93.0 Å². The molecule has 0 bridgehead atoms. The Hall–Kier alpha value is -4.52. The van der Waals surface area contributed by atoms with Crippen LogP contribution in [0, 0.1) is 5.82 Å². The van der Waals surface area contributed by atoms with Crippen molar-refractivity contribution in [3.63, 3.8) is 0 Å². The van der Waals surface area contributed by atoms with E-state index in [2.05, 4.69) is 27.2 Å². The van der Waals surface area contributed by atoms with Crippen LogP contribution in [0.1, 0.15) is 12.0 Å². The molecule has 0 saturated carbocycles. The molecule has 0 aliphatic carbocycles. The van der Waals surface area contributed by atoms with E-state index in [1.807, 2.05) is 11.9 Å². The number of nitrogens with one attached hydrogen (secondary N) is 2. The average molecular weight is 590 g/mol. The van der Waals surface area contributed by atoms with Gasteiger partial charge in [-0.15, -0.1) is 0 Å². The number of aryl methyl sites for hydroxylation is 2. The van der Waals surface area contributed by atoms with E-state index in [0.717, 1.165) is 18.1 Å². The fourth-order valence-electron chi connectivity index (χ4n) is 5.19. The molecular weight excluding hydrogens is 560 g/mol. The highest BCUT2D eigenvalue weighted by molar-refractivity contribution is 6.59. The van der Waals surface area contributed by atoms with Gasteiger partial charge in [-0.05, 0) is 43.7 Å². The Labute approximate surface area is 258 Å². The third-order valence-corrected chi connectivity index (χ3v) is 7.62. The molecule has 1 amide bonds. The SMILES string of the molecule is [B]C([B])([B])N(C)CCN(C)c1cc(OC)c(Nc2nccc(-n3c(=O)n4c5c(cc(F)cc53)CCC4)n2)cc1NC(=O)C=C. The molecule has 220 valence electrons. The van der Waals surface area contributed by atoms with Gasteiger partial charge in [-0.2, -0.15) is 4.98 Å². The van der Waals surface area contributed by atoms with Crippen molar-refractivity contribution in [2.24, 2.45) is 0 Å². The Morgan fingerprint density at radius 3 is 2.68 bits per heavy atom. The molecule has 0 atom stereocenters. The van der Waals surface area contributed by atoms with Gasteiger partial charge in [0.15, 0.2) is 0 Å². The van der Waals surface area contributed by atoms with Crippen LogP contribution >= 0.6 is 0 Å². The summed E-state index contributed by atoms with van der Waals surface area (Å²) in [4.78, 5) is 38.2. The molecular formula is C29H30B3FN8O3. The maximum Gasteiger partial charge on any atom is 0.334 e. The van der Waals surface area contributed by atoms with E-state index in [9.17, 15) is 14.0 Å². The number of imidazole rings is 1. The smallest absolute Gasteiger partial charge is 0.334 e. The number of hydrogen-bond donors (Lipinski definition) is 2. The van der Waals surface area contributed by atoms with E-state index in [-0.39, 0.29) is 17.5 Å². The first-order valence-electron chi connectivity index (χ1n) is 13.9. The Morgan fingerprint density at radius 1 is 1.20 bits per heavy atom. The molecule has 0 unspecified atom stereocenters. The summed E-state index contributed by atoms with van der Waals surface area (Å²) >= 11 is 0. The minimum Gasteiger partial charge on any atom is -0.494 e. The molecule has 3 heterocycles. The first-order valence-corrected chi connectivity index (χ1v) is 13.9. The second-order valence-electron chi connectivity index (χ2n) is 10.7. The van der Waals surface area contributed by atoms with Crippen molar-refractivity contribution in [2.45, 2.75) is 24.6 Å². The number of methoxy groups -OCH3 is 1. The monoisotopic (exact) mass is 590 g/mol. The van der Waals surface area contributed by atoms with Crippen LogP contribution in [-0.2, 0) is 17.8 Å². The van der Waals surface area contributed by atoms with Gasteiger partial charge >= 0.3 is 5.69 Å². The maximum atomic E-state index is 14.5. The summed E-state index contributed by atoms with van der Waals surface area (Å²) in [5.74, 6) is -0.00508. The van der Waals surface area contributed by atoms with Crippen molar-refractivity contribution in [1.82, 2.24) is 24.0 Å². The van der Waals surface area contributed by atoms with E-state index >= 15 is 0 Å². The molecule has 15 heteroatoms. The van der Waals surface area contributed by atoms with E-state index in [4.69, 9.17) is 28.3 Å². The lowest BCUT2D eigenvalue weighted by Crippen LogP contribution is -2.50. The molecule has 4 aromatic rings. The zero-order valence-corrected chi connectivity index (χ0v) is 24.8. The number of aromatic nitrogens is 4. The normalized spacial score (nSPS) is 12.8. The highest BCUT2D eigenvalue weighted by Crippen LogP contribution is 2.38. The Morgan fingerprint density at radius 2 is 1.98 bits per heavy atom. The number of likely N-dealkylation sites (N-methyl/N-ethyl adjacent to an activating group) is 2. The van der Waals surface area contributed by atoms with Gasteiger partial charge in [-0.1, -0.05) is 11.8 Å². The first kappa shape index (κ1) is 30.9. The van der Waals surface area contributed by atoms with Crippen molar-refractivity contribution in [3.8, 4) is 11.6 Å². The van der Waals surface area contributed by atoms with Crippen LogP contribution in [0.5, 0.6) is 5.75 Å². The Bertz CT molecular complexity index is 1800. The predicted octanol–water partition coefficient (Wildman–Crippen LogP) is 2.03. The van der Waals surface area contributed by atoms with E-state index in [1.54, 1.807) is 34.7 Å². The van der Waals surface area contributed by atoms with E-state index in [1.165, 1.54) is 30.0 Å². The average Bonchev–Trinajstić information content (AvgIpc) is 3.27. The standard InChI is InChI=1S/C29H30B3FN8O3/c1-5-25(42)35-19-15-20(23(44-4)16-21(19)38(2)11-12-39(3)29(30,31)32)36-27-34-9-8-24(37-27)41-22-14-18(33)13-17-7-6-10-40(26(17)22)28(41)43/h5,8-9,13-16H,1,6-7,10-12H2,2-4H3,(H,35,42)(H,34,36,37). The van der Waals surface area contributed by atoms with Crippen LogP contribution < -0.4 is 26.0 Å². The van der Waals surface area contributed by atoms with Gasteiger partial charge < -0.3 is 25.2 Å². The number of nitrogens with zero attached hydrogens (tertiary/aromatic N) is 6. The Balaban J connectivity index is 1.51. The minimum absolute atomic E-state index is 0.147. The van der Waals surface area contributed by atoms with Gasteiger partial charge in [-0.25, -0.2) is 18.7 Å². The number of carbonyl (C=O) groups excluding carboxylic acids is 1. The molecule has 44 heavy (non-hydrogen) atoms. The predicted molar refractivity (Wildman–Crippen MR) is 172 cm³/mol. The number of rotatable bonds is 11. The summed E-state index contributed by atoms with van der Waals surface area (Å²) in [6.45, 7) is 4.95. The number of benzene rings is 2. The lowest BCUT2D eigenvalue weighted by Gasteiger charge is -2.35. The summed E-state index contributed by atoms with van der Waals surface area (Å²) in [5, 5.41) is 4.46. The fraction of sp³-hybridized carbons (Fsp3) is 0.310. The third kappa shape index (κ3) is 6.09. The van der Waals surface area contributed by atoms with Crippen LogP contribution in [0.25, 0.3) is 16.9 Å².